The second-order valence-electron chi connectivity index (χ2n) is 4.68. The number of nitrogens with zero attached hydrogens (tertiary/aromatic N) is 5. The number of nitro groups is 1. The second kappa shape index (κ2) is 7.20. The Balaban J connectivity index is 1.86. The molecule has 0 aliphatic carbocycles. The van der Waals surface area contributed by atoms with E-state index < -0.39 is 10.9 Å². The van der Waals surface area contributed by atoms with Crippen LogP contribution in [-0.4, -0.2) is 31.3 Å². The van der Waals surface area contributed by atoms with Crippen LogP contribution < -0.4 is 5.43 Å². The standard InChI is InChI=1S/C13H13FN6O3/c1-9(7-19-8-15-13(18-19)20(22)23)16-17-12(21)6-10-2-4-11(14)5-3-10/h2-5,8H,6-7H2,1H3,(H,17,21)/b16-9-. The predicted molar refractivity (Wildman–Crippen MR) is 78.0 cm³/mol. The summed E-state index contributed by atoms with van der Waals surface area (Å²) in [7, 11) is 0. The maximum atomic E-state index is 12.8. The van der Waals surface area contributed by atoms with E-state index in [0.717, 1.165) is 0 Å². The highest BCUT2D eigenvalue weighted by Gasteiger charge is 2.13. The molecule has 1 heterocycles. The van der Waals surface area contributed by atoms with E-state index in [4.69, 9.17) is 0 Å². The molecule has 0 radical (unpaired) electrons. The normalized spacial score (nSPS) is 11.3. The molecule has 0 atom stereocenters. The van der Waals surface area contributed by atoms with E-state index in [1.165, 1.54) is 35.3 Å². The Labute approximate surface area is 130 Å². The molecule has 10 heteroatoms. The molecular formula is C13H13FN6O3. The summed E-state index contributed by atoms with van der Waals surface area (Å²) in [5.74, 6) is -1.23. The number of aromatic nitrogens is 3. The van der Waals surface area contributed by atoms with Crippen molar-refractivity contribution in [1.29, 1.82) is 0 Å². The van der Waals surface area contributed by atoms with Gasteiger partial charge < -0.3 is 10.1 Å². The molecule has 1 amide bonds. The summed E-state index contributed by atoms with van der Waals surface area (Å²) in [6.45, 7) is 1.78. The highest BCUT2D eigenvalue weighted by atomic mass is 19.1. The van der Waals surface area contributed by atoms with E-state index in [9.17, 15) is 19.3 Å². The highest BCUT2D eigenvalue weighted by Crippen LogP contribution is 2.03. The maximum absolute atomic E-state index is 12.8. The minimum Gasteiger partial charge on any atom is -0.390 e. The lowest BCUT2D eigenvalue weighted by atomic mass is 10.1. The molecule has 0 unspecified atom stereocenters. The molecule has 0 aliphatic heterocycles. The first-order chi connectivity index (χ1) is 10.9. The fourth-order valence-electron chi connectivity index (χ4n) is 1.70. The minimum absolute atomic E-state index is 0.0614. The van der Waals surface area contributed by atoms with E-state index in [2.05, 4.69) is 20.6 Å². The molecule has 0 aliphatic rings. The fourth-order valence-corrected chi connectivity index (χ4v) is 1.70. The minimum atomic E-state index is -0.701. The first kappa shape index (κ1) is 16.2. The van der Waals surface area contributed by atoms with Crippen LogP contribution in [0.4, 0.5) is 10.3 Å². The van der Waals surface area contributed by atoms with Crippen molar-refractivity contribution >= 4 is 17.6 Å². The van der Waals surface area contributed by atoms with Gasteiger partial charge in [-0.1, -0.05) is 17.1 Å². The molecular weight excluding hydrogens is 307 g/mol. The molecule has 1 aromatic carbocycles. The number of carbonyl (C=O) groups is 1. The van der Waals surface area contributed by atoms with Crippen molar-refractivity contribution in [3.63, 3.8) is 0 Å². The topological polar surface area (TPSA) is 115 Å². The molecule has 2 rings (SSSR count). The van der Waals surface area contributed by atoms with Crippen molar-refractivity contribution in [2.45, 2.75) is 19.9 Å². The van der Waals surface area contributed by atoms with Crippen molar-refractivity contribution in [3.8, 4) is 0 Å². The van der Waals surface area contributed by atoms with Crippen LogP contribution in [0.3, 0.4) is 0 Å². The van der Waals surface area contributed by atoms with Gasteiger partial charge in [0.1, 0.15) is 5.82 Å². The van der Waals surface area contributed by atoms with Gasteiger partial charge in [-0.15, -0.1) is 0 Å². The summed E-state index contributed by atoms with van der Waals surface area (Å²) >= 11 is 0. The SMILES string of the molecule is C/C(Cn1cnc([N+](=O)[O-])n1)=N/NC(=O)Cc1ccc(F)cc1. The lowest BCUT2D eigenvalue weighted by Gasteiger charge is -2.02. The maximum Gasteiger partial charge on any atom is 0.490 e. The van der Waals surface area contributed by atoms with E-state index in [-0.39, 0.29) is 24.7 Å². The third-order valence-corrected chi connectivity index (χ3v) is 2.73. The van der Waals surface area contributed by atoms with Crippen molar-refractivity contribution in [2.75, 3.05) is 0 Å². The first-order valence-corrected chi connectivity index (χ1v) is 6.54. The molecule has 0 saturated carbocycles. The average Bonchev–Trinajstić information content (AvgIpc) is 2.96. The number of nitrogens with one attached hydrogen (secondary N) is 1. The fraction of sp³-hybridized carbons (Fsp3) is 0.231. The zero-order chi connectivity index (χ0) is 16.8. The first-order valence-electron chi connectivity index (χ1n) is 6.54. The second-order valence-corrected chi connectivity index (χ2v) is 4.68. The van der Waals surface area contributed by atoms with Crippen molar-refractivity contribution < 1.29 is 14.1 Å². The molecule has 1 aromatic heterocycles. The molecule has 0 bridgehead atoms. The Morgan fingerprint density at radius 2 is 2.13 bits per heavy atom. The number of hydrogen-bond acceptors (Lipinski definition) is 6. The van der Waals surface area contributed by atoms with E-state index >= 15 is 0 Å². The van der Waals surface area contributed by atoms with Gasteiger partial charge in [0.25, 0.3) is 0 Å². The molecule has 23 heavy (non-hydrogen) atoms. The Bertz CT molecular complexity index is 740. The van der Waals surface area contributed by atoms with Crippen LogP contribution in [0.2, 0.25) is 0 Å². The molecule has 0 fully saturated rings. The molecule has 9 nitrogen and oxygen atoms in total. The Morgan fingerprint density at radius 1 is 1.43 bits per heavy atom. The largest absolute Gasteiger partial charge is 0.490 e. The van der Waals surface area contributed by atoms with E-state index in [1.54, 1.807) is 6.92 Å². The van der Waals surface area contributed by atoms with Crippen LogP contribution in [0.5, 0.6) is 0 Å². The lowest BCUT2D eigenvalue weighted by Crippen LogP contribution is -2.22. The van der Waals surface area contributed by atoms with Crippen LogP contribution in [0.15, 0.2) is 35.7 Å². The third kappa shape index (κ3) is 4.95. The molecule has 120 valence electrons. The number of hydrazone groups is 1. The summed E-state index contributed by atoms with van der Waals surface area (Å²) in [5, 5.41) is 18.0. The van der Waals surface area contributed by atoms with Crippen molar-refractivity contribution in [1.82, 2.24) is 20.2 Å². The van der Waals surface area contributed by atoms with Crippen LogP contribution in [0.1, 0.15) is 12.5 Å². The summed E-state index contributed by atoms with van der Waals surface area (Å²) in [5.41, 5.74) is 3.49. The van der Waals surface area contributed by atoms with Gasteiger partial charge >= 0.3 is 5.95 Å². The van der Waals surface area contributed by atoms with E-state index in [0.29, 0.717) is 11.3 Å². The lowest BCUT2D eigenvalue weighted by molar-refractivity contribution is -0.394. The Kier molecular flexibility index (Phi) is 5.07. The monoisotopic (exact) mass is 320 g/mol. The number of halogens is 1. The molecule has 1 N–H and O–H groups in total. The summed E-state index contributed by atoms with van der Waals surface area (Å²) < 4.78 is 14.0. The van der Waals surface area contributed by atoms with Crippen LogP contribution in [-0.2, 0) is 17.8 Å². The molecule has 0 saturated heterocycles. The van der Waals surface area contributed by atoms with Gasteiger partial charge in [0.05, 0.1) is 18.7 Å². The van der Waals surface area contributed by atoms with Gasteiger partial charge in [-0.3, -0.25) is 4.79 Å². The number of benzene rings is 1. The zero-order valence-electron chi connectivity index (χ0n) is 12.1. The smallest absolute Gasteiger partial charge is 0.390 e. The number of carbonyl (C=O) groups excluding carboxylic acids is 1. The Hall–Kier alpha value is -3.17. The van der Waals surface area contributed by atoms with Gasteiger partial charge in [-0.05, 0) is 29.5 Å². The van der Waals surface area contributed by atoms with Gasteiger partial charge in [-0.2, -0.15) is 9.78 Å². The summed E-state index contributed by atoms with van der Waals surface area (Å²) in [6.07, 6.45) is 1.27. The highest BCUT2D eigenvalue weighted by molar-refractivity contribution is 5.84. The quantitative estimate of drug-likeness (QED) is 0.485. The van der Waals surface area contributed by atoms with E-state index in [1.807, 2.05) is 0 Å². The summed E-state index contributed by atoms with van der Waals surface area (Å²) in [4.78, 5) is 25.0. The van der Waals surface area contributed by atoms with Crippen molar-refractivity contribution in [3.05, 3.63) is 52.1 Å². The van der Waals surface area contributed by atoms with Crippen LogP contribution >= 0.6 is 0 Å². The Morgan fingerprint density at radius 3 is 2.74 bits per heavy atom. The number of rotatable bonds is 6. The number of hydrogen-bond donors (Lipinski definition) is 1. The zero-order valence-corrected chi connectivity index (χ0v) is 12.1. The van der Waals surface area contributed by atoms with Gasteiger partial charge in [0.2, 0.25) is 12.2 Å². The molecule has 0 spiro atoms. The van der Waals surface area contributed by atoms with Gasteiger partial charge in [0.15, 0.2) is 0 Å². The van der Waals surface area contributed by atoms with Crippen LogP contribution in [0.25, 0.3) is 0 Å². The third-order valence-electron chi connectivity index (χ3n) is 2.73. The summed E-state index contributed by atoms with van der Waals surface area (Å²) in [6, 6.07) is 5.57. The number of amides is 1. The van der Waals surface area contributed by atoms with Crippen LogP contribution in [0, 0.1) is 15.9 Å². The van der Waals surface area contributed by atoms with Crippen molar-refractivity contribution in [2.24, 2.45) is 5.10 Å². The predicted octanol–water partition coefficient (Wildman–Crippen LogP) is 1.06. The molecule has 2 aromatic rings. The van der Waals surface area contributed by atoms with Gasteiger partial charge in [0, 0.05) is 5.10 Å². The van der Waals surface area contributed by atoms with Gasteiger partial charge in [-0.25, -0.2) is 9.82 Å². The average molecular weight is 320 g/mol.